The smallest absolute Gasteiger partial charge is 0.329 e. The maximum Gasteiger partial charge on any atom is 0.329 e. The Morgan fingerprint density at radius 1 is 1.26 bits per heavy atom. The van der Waals surface area contributed by atoms with Crippen molar-refractivity contribution in [3.05, 3.63) is 29.8 Å². The first kappa shape index (κ1) is 13.9. The average molecular weight is 263 g/mol. The van der Waals surface area contributed by atoms with Crippen LogP contribution in [0.1, 0.15) is 32.3 Å². The van der Waals surface area contributed by atoms with Gasteiger partial charge in [-0.2, -0.15) is 0 Å². The maximum atomic E-state index is 11.7. The number of hydrogen-bond donors (Lipinski definition) is 2. The van der Waals surface area contributed by atoms with E-state index < -0.39 is 11.5 Å². The van der Waals surface area contributed by atoms with E-state index in [1.807, 2.05) is 45.0 Å². The lowest BCUT2D eigenvalue weighted by atomic mass is 9.84. The molecule has 4 heteroatoms. The number of aryl methyl sites for hydroxylation is 1. The third-order valence-electron chi connectivity index (χ3n) is 3.58. The van der Waals surface area contributed by atoms with Crippen LogP contribution in [-0.4, -0.2) is 28.8 Å². The van der Waals surface area contributed by atoms with Gasteiger partial charge in [-0.1, -0.05) is 17.7 Å². The molecule has 2 N–H and O–H groups in total. The van der Waals surface area contributed by atoms with E-state index in [0.29, 0.717) is 12.8 Å². The molecule has 1 aromatic carbocycles. The second-order valence-electron chi connectivity index (χ2n) is 5.54. The predicted octanol–water partition coefficient (Wildman–Crippen LogP) is 2.82. The summed E-state index contributed by atoms with van der Waals surface area (Å²) in [5.74, 6) is -0.810. The number of hydrogen-bond acceptors (Lipinski definition) is 3. The van der Waals surface area contributed by atoms with Crippen LogP contribution in [0.5, 0.6) is 0 Å². The Morgan fingerprint density at radius 3 is 2.26 bits per heavy atom. The number of carboxylic acid groups (broad SMARTS) is 1. The summed E-state index contributed by atoms with van der Waals surface area (Å²) in [5.41, 5.74) is 1.06. The molecule has 1 aliphatic rings. The molecule has 2 unspecified atom stereocenters. The fourth-order valence-corrected chi connectivity index (χ4v) is 2.80. The van der Waals surface area contributed by atoms with E-state index >= 15 is 0 Å². The molecule has 1 heterocycles. The third-order valence-corrected chi connectivity index (χ3v) is 3.58. The summed E-state index contributed by atoms with van der Waals surface area (Å²) in [6.45, 7) is 5.85. The number of aliphatic carboxylic acids is 1. The minimum absolute atomic E-state index is 0.0576. The molecule has 0 amide bonds. The third kappa shape index (κ3) is 3.07. The van der Waals surface area contributed by atoms with Gasteiger partial charge in [-0.05, 0) is 32.9 Å². The topological polar surface area (TPSA) is 58.6 Å². The molecule has 104 valence electrons. The van der Waals surface area contributed by atoms with Gasteiger partial charge in [0, 0.05) is 18.5 Å². The van der Waals surface area contributed by atoms with E-state index in [4.69, 9.17) is 4.74 Å². The highest BCUT2D eigenvalue weighted by Crippen LogP contribution is 2.32. The number of nitrogens with one attached hydrogen (secondary N) is 1. The molecule has 0 saturated carbocycles. The number of anilines is 1. The number of rotatable bonds is 3. The predicted molar refractivity (Wildman–Crippen MR) is 74.4 cm³/mol. The molecule has 0 aromatic heterocycles. The van der Waals surface area contributed by atoms with Gasteiger partial charge in [-0.15, -0.1) is 0 Å². The molecule has 19 heavy (non-hydrogen) atoms. The van der Waals surface area contributed by atoms with Gasteiger partial charge in [0.25, 0.3) is 0 Å². The molecule has 1 saturated heterocycles. The van der Waals surface area contributed by atoms with Crippen molar-refractivity contribution in [3.8, 4) is 0 Å². The van der Waals surface area contributed by atoms with Crippen molar-refractivity contribution in [2.75, 3.05) is 5.32 Å². The SMILES string of the molecule is Cc1ccc(NC2(C(=O)O)CC(C)OC(C)C2)cc1. The molecule has 0 aliphatic carbocycles. The van der Waals surface area contributed by atoms with E-state index in [2.05, 4.69) is 5.32 Å². The van der Waals surface area contributed by atoms with Crippen molar-refractivity contribution in [2.24, 2.45) is 0 Å². The molecular weight excluding hydrogens is 242 g/mol. The lowest BCUT2D eigenvalue weighted by molar-refractivity contribution is -0.151. The van der Waals surface area contributed by atoms with Crippen molar-refractivity contribution in [2.45, 2.75) is 51.4 Å². The van der Waals surface area contributed by atoms with Gasteiger partial charge in [0.05, 0.1) is 12.2 Å². The van der Waals surface area contributed by atoms with E-state index in [-0.39, 0.29) is 12.2 Å². The van der Waals surface area contributed by atoms with Gasteiger partial charge in [0.15, 0.2) is 0 Å². The van der Waals surface area contributed by atoms with Crippen molar-refractivity contribution in [1.29, 1.82) is 0 Å². The van der Waals surface area contributed by atoms with Crippen LogP contribution in [-0.2, 0) is 9.53 Å². The van der Waals surface area contributed by atoms with Crippen molar-refractivity contribution in [3.63, 3.8) is 0 Å². The van der Waals surface area contributed by atoms with Crippen LogP contribution in [0, 0.1) is 6.92 Å². The Labute approximate surface area is 113 Å². The van der Waals surface area contributed by atoms with Crippen LogP contribution in [0.3, 0.4) is 0 Å². The van der Waals surface area contributed by atoms with Gasteiger partial charge in [-0.25, -0.2) is 4.79 Å². The van der Waals surface area contributed by atoms with Crippen molar-refractivity contribution < 1.29 is 14.6 Å². The Kier molecular flexibility index (Phi) is 3.80. The molecular formula is C15H21NO3. The highest BCUT2D eigenvalue weighted by molar-refractivity contribution is 5.83. The lowest BCUT2D eigenvalue weighted by Gasteiger charge is -2.40. The van der Waals surface area contributed by atoms with E-state index in [1.165, 1.54) is 0 Å². The largest absolute Gasteiger partial charge is 0.480 e. The monoisotopic (exact) mass is 263 g/mol. The molecule has 2 rings (SSSR count). The number of carbonyl (C=O) groups is 1. The zero-order valence-electron chi connectivity index (χ0n) is 11.6. The fourth-order valence-electron chi connectivity index (χ4n) is 2.80. The first-order chi connectivity index (χ1) is 8.91. The van der Waals surface area contributed by atoms with Crippen molar-refractivity contribution >= 4 is 11.7 Å². The molecule has 2 atom stereocenters. The van der Waals surface area contributed by atoms with Gasteiger partial charge in [0.2, 0.25) is 0 Å². The Bertz CT molecular complexity index is 445. The van der Waals surface area contributed by atoms with E-state index in [1.54, 1.807) is 0 Å². The molecule has 4 nitrogen and oxygen atoms in total. The Morgan fingerprint density at radius 2 is 1.79 bits per heavy atom. The summed E-state index contributed by atoms with van der Waals surface area (Å²) in [7, 11) is 0. The zero-order valence-corrected chi connectivity index (χ0v) is 11.6. The standard InChI is InChI=1S/C15H21NO3/c1-10-4-6-13(7-5-10)16-15(14(17)18)8-11(2)19-12(3)9-15/h4-7,11-12,16H,8-9H2,1-3H3,(H,17,18). The highest BCUT2D eigenvalue weighted by atomic mass is 16.5. The van der Waals surface area contributed by atoms with Gasteiger partial charge in [-0.3, -0.25) is 0 Å². The number of carboxylic acids is 1. The first-order valence-corrected chi connectivity index (χ1v) is 6.65. The zero-order chi connectivity index (χ0) is 14.0. The van der Waals surface area contributed by atoms with Crippen LogP contribution in [0.4, 0.5) is 5.69 Å². The van der Waals surface area contributed by atoms with Crippen LogP contribution in [0.15, 0.2) is 24.3 Å². The molecule has 0 radical (unpaired) electrons. The van der Waals surface area contributed by atoms with Crippen LogP contribution < -0.4 is 5.32 Å². The molecule has 1 fully saturated rings. The highest BCUT2D eigenvalue weighted by Gasteiger charge is 2.45. The number of benzene rings is 1. The summed E-state index contributed by atoms with van der Waals surface area (Å²) < 4.78 is 5.65. The molecule has 1 aromatic rings. The van der Waals surface area contributed by atoms with Crippen LogP contribution in [0.2, 0.25) is 0 Å². The first-order valence-electron chi connectivity index (χ1n) is 6.65. The van der Waals surface area contributed by atoms with Gasteiger partial charge in [0.1, 0.15) is 5.54 Å². The molecule has 0 spiro atoms. The average Bonchev–Trinajstić information content (AvgIpc) is 2.30. The minimum atomic E-state index is -0.938. The second kappa shape index (κ2) is 5.21. The number of ether oxygens (including phenoxy) is 1. The van der Waals surface area contributed by atoms with Gasteiger partial charge < -0.3 is 15.2 Å². The summed E-state index contributed by atoms with van der Waals surface area (Å²) >= 11 is 0. The summed E-state index contributed by atoms with van der Waals surface area (Å²) in [6.07, 6.45) is 0.830. The van der Waals surface area contributed by atoms with Crippen molar-refractivity contribution in [1.82, 2.24) is 0 Å². The maximum absolute atomic E-state index is 11.7. The second-order valence-corrected chi connectivity index (χ2v) is 5.54. The Hall–Kier alpha value is -1.55. The van der Waals surface area contributed by atoms with E-state index in [9.17, 15) is 9.90 Å². The lowest BCUT2D eigenvalue weighted by Crippen LogP contribution is -2.54. The Balaban J connectivity index is 2.24. The van der Waals surface area contributed by atoms with Crippen LogP contribution >= 0.6 is 0 Å². The fraction of sp³-hybridized carbons (Fsp3) is 0.533. The van der Waals surface area contributed by atoms with Crippen LogP contribution in [0.25, 0.3) is 0 Å². The quantitative estimate of drug-likeness (QED) is 0.880. The normalized spacial score (nSPS) is 30.9. The summed E-state index contributed by atoms with van der Waals surface area (Å²) in [5, 5.41) is 12.8. The summed E-state index contributed by atoms with van der Waals surface area (Å²) in [6, 6.07) is 7.80. The summed E-state index contributed by atoms with van der Waals surface area (Å²) in [4.78, 5) is 11.7. The minimum Gasteiger partial charge on any atom is -0.480 e. The molecule has 0 bridgehead atoms. The molecule has 1 aliphatic heterocycles. The van der Waals surface area contributed by atoms with E-state index in [0.717, 1.165) is 11.3 Å². The van der Waals surface area contributed by atoms with Gasteiger partial charge >= 0.3 is 5.97 Å².